The molecule has 2 nitrogen and oxygen atoms in total. The van der Waals surface area contributed by atoms with E-state index in [0.29, 0.717) is 21.9 Å². The van der Waals surface area contributed by atoms with Crippen LogP contribution in [0.2, 0.25) is 0 Å². The summed E-state index contributed by atoms with van der Waals surface area (Å²) in [6.45, 7) is 0. The van der Waals surface area contributed by atoms with Gasteiger partial charge in [0.1, 0.15) is 5.58 Å². The van der Waals surface area contributed by atoms with Gasteiger partial charge in [0.2, 0.25) is 5.43 Å². The van der Waals surface area contributed by atoms with E-state index < -0.39 is 0 Å². The highest BCUT2D eigenvalue weighted by Crippen LogP contribution is 2.29. The van der Waals surface area contributed by atoms with Gasteiger partial charge in [0.25, 0.3) is 0 Å². The van der Waals surface area contributed by atoms with Gasteiger partial charge in [-0.3, -0.25) is 4.79 Å². The molecule has 0 saturated heterocycles. The minimum Gasteiger partial charge on any atom is -0.454 e. The molecule has 0 aliphatic carbocycles. The second-order valence-corrected chi connectivity index (χ2v) is 5.57. The van der Waals surface area contributed by atoms with E-state index in [9.17, 15) is 4.79 Å². The maximum absolute atomic E-state index is 12.6. The Balaban J connectivity index is 2.36. The van der Waals surface area contributed by atoms with Crippen molar-refractivity contribution in [2.75, 3.05) is 0 Å². The zero-order chi connectivity index (χ0) is 13.7. The van der Waals surface area contributed by atoms with Crippen LogP contribution in [0.15, 0.2) is 68.3 Å². The van der Waals surface area contributed by atoms with Crippen molar-refractivity contribution in [3.05, 3.63) is 69.3 Å². The number of hydrogen-bond donors (Lipinski definition) is 0. The molecule has 0 N–H and O–H groups in total. The number of hydrogen-bond acceptors (Lipinski definition) is 2. The van der Waals surface area contributed by atoms with Gasteiger partial charge in [-0.25, -0.2) is 0 Å². The van der Waals surface area contributed by atoms with E-state index >= 15 is 0 Å². The van der Waals surface area contributed by atoms with Gasteiger partial charge in [0, 0.05) is 5.39 Å². The molecule has 0 aliphatic rings. The first-order valence-electron chi connectivity index (χ1n) is 6.28. The van der Waals surface area contributed by atoms with Crippen molar-refractivity contribution in [2.45, 2.75) is 0 Å². The standard InChI is InChI=1S/C17H9BrO2/c18-14-7-3-6-12-15(19)13-9-8-10-4-1-2-5-11(10)16(13)20-17(12)14/h1-9H. The number of halogens is 1. The summed E-state index contributed by atoms with van der Waals surface area (Å²) in [7, 11) is 0. The smallest absolute Gasteiger partial charge is 0.200 e. The Morgan fingerprint density at radius 1 is 0.750 bits per heavy atom. The molecule has 4 rings (SSSR count). The fourth-order valence-electron chi connectivity index (χ4n) is 2.57. The highest BCUT2D eigenvalue weighted by atomic mass is 79.9. The lowest BCUT2D eigenvalue weighted by Crippen LogP contribution is -2.02. The molecule has 3 aromatic carbocycles. The van der Waals surface area contributed by atoms with Gasteiger partial charge in [-0.1, -0.05) is 36.4 Å². The third-order valence-electron chi connectivity index (χ3n) is 3.54. The van der Waals surface area contributed by atoms with Crippen LogP contribution in [0, 0.1) is 0 Å². The van der Waals surface area contributed by atoms with Crippen LogP contribution in [0.4, 0.5) is 0 Å². The zero-order valence-corrected chi connectivity index (χ0v) is 12.0. The fraction of sp³-hybridized carbons (Fsp3) is 0. The minimum absolute atomic E-state index is 0.00769. The van der Waals surface area contributed by atoms with Crippen LogP contribution in [0.3, 0.4) is 0 Å². The first-order valence-corrected chi connectivity index (χ1v) is 7.08. The number of fused-ring (bicyclic) bond motifs is 4. The maximum Gasteiger partial charge on any atom is 0.200 e. The molecular weight excluding hydrogens is 316 g/mol. The summed E-state index contributed by atoms with van der Waals surface area (Å²) < 4.78 is 6.82. The molecule has 0 bridgehead atoms. The molecule has 3 heteroatoms. The molecule has 0 radical (unpaired) electrons. The molecule has 0 aliphatic heterocycles. The largest absolute Gasteiger partial charge is 0.454 e. The Hall–Kier alpha value is -2.13. The van der Waals surface area contributed by atoms with Crippen molar-refractivity contribution < 1.29 is 4.42 Å². The second kappa shape index (κ2) is 4.18. The summed E-state index contributed by atoms with van der Waals surface area (Å²) in [6.07, 6.45) is 0. The molecule has 4 aromatic rings. The van der Waals surface area contributed by atoms with Gasteiger partial charge in [0.15, 0.2) is 5.58 Å². The monoisotopic (exact) mass is 324 g/mol. The van der Waals surface area contributed by atoms with E-state index in [2.05, 4.69) is 15.9 Å². The van der Waals surface area contributed by atoms with Crippen LogP contribution < -0.4 is 5.43 Å². The number of benzene rings is 3. The molecule has 0 fully saturated rings. The normalized spacial score (nSPS) is 11.4. The van der Waals surface area contributed by atoms with Gasteiger partial charge in [-0.2, -0.15) is 0 Å². The molecular formula is C17H9BrO2. The first kappa shape index (κ1) is 11.7. The Morgan fingerprint density at radius 2 is 1.50 bits per heavy atom. The molecule has 0 amide bonds. The van der Waals surface area contributed by atoms with Gasteiger partial charge < -0.3 is 4.42 Å². The topological polar surface area (TPSA) is 30.2 Å². The Morgan fingerprint density at radius 3 is 2.40 bits per heavy atom. The third-order valence-corrected chi connectivity index (χ3v) is 4.16. The van der Waals surface area contributed by atoms with Crippen molar-refractivity contribution in [1.29, 1.82) is 0 Å². The van der Waals surface area contributed by atoms with Crippen LogP contribution in [-0.4, -0.2) is 0 Å². The average Bonchev–Trinajstić information content (AvgIpc) is 2.48. The molecule has 1 aromatic heterocycles. The first-order chi connectivity index (χ1) is 9.75. The number of rotatable bonds is 0. The Bertz CT molecular complexity index is 1030. The molecule has 96 valence electrons. The minimum atomic E-state index is 0.00769. The van der Waals surface area contributed by atoms with Crippen molar-refractivity contribution in [3.8, 4) is 0 Å². The van der Waals surface area contributed by atoms with Gasteiger partial charge in [-0.15, -0.1) is 0 Å². The van der Waals surface area contributed by atoms with Crippen LogP contribution in [0.5, 0.6) is 0 Å². The second-order valence-electron chi connectivity index (χ2n) is 4.71. The van der Waals surface area contributed by atoms with Crippen LogP contribution >= 0.6 is 15.9 Å². The van der Waals surface area contributed by atoms with E-state index in [-0.39, 0.29) is 5.43 Å². The lowest BCUT2D eigenvalue weighted by molar-refractivity contribution is 0.661. The van der Waals surface area contributed by atoms with Crippen LogP contribution in [0.1, 0.15) is 0 Å². The fourth-order valence-corrected chi connectivity index (χ4v) is 3.02. The summed E-state index contributed by atoms with van der Waals surface area (Å²) in [5, 5.41) is 3.24. The van der Waals surface area contributed by atoms with E-state index in [4.69, 9.17) is 4.42 Å². The van der Waals surface area contributed by atoms with Crippen molar-refractivity contribution in [2.24, 2.45) is 0 Å². The van der Waals surface area contributed by atoms with Crippen molar-refractivity contribution in [3.63, 3.8) is 0 Å². The van der Waals surface area contributed by atoms with Gasteiger partial charge >= 0.3 is 0 Å². The molecule has 0 spiro atoms. The quantitative estimate of drug-likeness (QED) is 0.341. The highest BCUT2D eigenvalue weighted by Gasteiger charge is 2.11. The summed E-state index contributed by atoms with van der Waals surface area (Å²) in [5.74, 6) is 0. The third kappa shape index (κ3) is 1.53. The molecule has 0 saturated carbocycles. The molecule has 0 unspecified atom stereocenters. The predicted molar refractivity (Wildman–Crippen MR) is 85.2 cm³/mol. The van der Waals surface area contributed by atoms with Gasteiger partial charge in [0.05, 0.1) is 15.2 Å². The van der Waals surface area contributed by atoms with Crippen LogP contribution in [-0.2, 0) is 0 Å². The van der Waals surface area contributed by atoms with Crippen molar-refractivity contribution >= 4 is 48.6 Å². The zero-order valence-electron chi connectivity index (χ0n) is 10.4. The predicted octanol–water partition coefficient (Wildman–Crippen LogP) is 4.86. The van der Waals surface area contributed by atoms with E-state index in [1.807, 2.05) is 48.5 Å². The highest BCUT2D eigenvalue weighted by molar-refractivity contribution is 9.10. The Kier molecular flexibility index (Phi) is 2.44. The lowest BCUT2D eigenvalue weighted by atomic mass is 10.1. The molecule has 1 heterocycles. The number of para-hydroxylation sites is 1. The summed E-state index contributed by atoms with van der Waals surface area (Å²) in [4.78, 5) is 12.6. The van der Waals surface area contributed by atoms with Gasteiger partial charge in [-0.05, 0) is 39.5 Å². The van der Waals surface area contributed by atoms with E-state index in [0.717, 1.165) is 15.2 Å². The van der Waals surface area contributed by atoms with E-state index in [1.54, 1.807) is 6.07 Å². The molecule has 20 heavy (non-hydrogen) atoms. The summed E-state index contributed by atoms with van der Waals surface area (Å²) in [6, 6.07) is 17.2. The van der Waals surface area contributed by atoms with Crippen molar-refractivity contribution in [1.82, 2.24) is 0 Å². The molecule has 0 atom stereocenters. The lowest BCUT2D eigenvalue weighted by Gasteiger charge is -2.05. The maximum atomic E-state index is 12.6. The van der Waals surface area contributed by atoms with Crippen LogP contribution in [0.25, 0.3) is 32.7 Å². The summed E-state index contributed by atoms with van der Waals surface area (Å²) >= 11 is 3.45. The SMILES string of the molecule is O=c1c2cccc(Br)c2oc2c1ccc1ccccc12. The van der Waals surface area contributed by atoms with E-state index in [1.165, 1.54) is 0 Å². The Labute approximate surface area is 122 Å². The average molecular weight is 325 g/mol. The summed E-state index contributed by atoms with van der Waals surface area (Å²) in [5.41, 5.74) is 1.25.